The van der Waals surface area contributed by atoms with Gasteiger partial charge in [-0.25, -0.2) is 0 Å². The highest BCUT2D eigenvalue weighted by molar-refractivity contribution is 7.80. The van der Waals surface area contributed by atoms with Gasteiger partial charge in [0, 0.05) is 35.0 Å². The average molecular weight is 352 g/mol. The summed E-state index contributed by atoms with van der Waals surface area (Å²) in [6.45, 7) is 0. The molecule has 0 unspecified atom stereocenters. The summed E-state index contributed by atoms with van der Waals surface area (Å²) < 4.78 is 0. The van der Waals surface area contributed by atoms with Gasteiger partial charge in [-0.05, 0) is 42.5 Å². The highest BCUT2D eigenvalue weighted by Crippen LogP contribution is 2.21. The summed E-state index contributed by atoms with van der Waals surface area (Å²) in [5.74, 6) is -0.528. The van der Waals surface area contributed by atoms with Crippen LogP contribution in [0.25, 0.3) is 10.9 Å². The Balaban J connectivity index is 1.75. The molecule has 2 N–H and O–H groups in total. The molecule has 0 aliphatic carbocycles. The number of nitrogens with zero attached hydrogens (tertiary/aromatic N) is 2. The van der Waals surface area contributed by atoms with E-state index in [4.69, 9.17) is 12.2 Å². The molecule has 3 aromatic rings. The normalized spacial score (nSPS) is 10.2. The fourth-order valence-corrected chi connectivity index (χ4v) is 2.50. The zero-order chi connectivity index (χ0) is 17.8. The number of pyridine rings is 1. The Bertz CT molecular complexity index is 985. The minimum atomic E-state index is -0.559. The number of hydrogen-bond acceptors (Lipinski definition) is 5. The van der Waals surface area contributed by atoms with Crippen molar-refractivity contribution in [2.24, 2.45) is 0 Å². The van der Waals surface area contributed by atoms with Gasteiger partial charge in [-0.15, -0.1) is 0 Å². The van der Waals surface area contributed by atoms with Crippen molar-refractivity contribution in [3.05, 3.63) is 76.5 Å². The van der Waals surface area contributed by atoms with Crippen LogP contribution in [0.2, 0.25) is 0 Å². The Kier molecular flexibility index (Phi) is 4.62. The Hall–Kier alpha value is -3.39. The lowest BCUT2D eigenvalue weighted by Gasteiger charge is -2.11. The first-order valence-electron chi connectivity index (χ1n) is 7.25. The molecule has 3 rings (SSSR count). The molecule has 0 aliphatic heterocycles. The molecule has 0 spiro atoms. The molecule has 0 aliphatic rings. The zero-order valence-corrected chi connectivity index (χ0v) is 13.6. The van der Waals surface area contributed by atoms with Crippen molar-refractivity contribution in [3.8, 4) is 0 Å². The molecule has 2 aromatic carbocycles. The van der Waals surface area contributed by atoms with E-state index in [9.17, 15) is 14.9 Å². The van der Waals surface area contributed by atoms with E-state index in [1.807, 2.05) is 24.3 Å². The third-order valence-corrected chi connectivity index (χ3v) is 3.64. The highest BCUT2D eigenvalue weighted by atomic mass is 32.1. The lowest BCUT2D eigenvalue weighted by Crippen LogP contribution is -2.34. The van der Waals surface area contributed by atoms with Gasteiger partial charge in [-0.3, -0.25) is 25.2 Å². The number of amides is 1. The number of nitrogens with one attached hydrogen (secondary N) is 2. The summed E-state index contributed by atoms with van der Waals surface area (Å²) in [6.07, 6.45) is 1.69. The summed E-state index contributed by atoms with van der Waals surface area (Å²) in [5.41, 5.74) is 1.49. The van der Waals surface area contributed by atoms with Crippen LogP contribution in [-0.4, -0.2) is 20.9 Å². The maximum absolute atomic E-state index is 12.2. The smallest absolute Gasteiger partial charge is 0.270 e. The largest absolute Gasteiger partial charge is 0.332 e. The van der Waals surface area contributed by atoms with Gasteiger partial charge in [0.1, 0.15) is 0 Å². The fourth-order valence-electron chi connectivity index (χ4n) is 2.30. The molecule has 0 saturated heterocycles. The highest BCUT2D eigenvalue weighted by Gasteiger charge is 2.13. The van der Waals surface area contributed by atoms with Crippen LogP contribution in [-0.2, 0) is 0 Å². The molecule has 7 nitrogen and oxygen atoms in total. The van der Waals surface area contributed by atoms with E-state index in [0.717, 1.165) is 10.9 Å². The van der Waals surface area contributed by atoms with Crippen LogP contribution in [0.1, 0.15) is 10.4 Å². The first kappa shape index (κ1) is 16.5. The number of non-ortho nitro benzene ring substituents is 1. The minimum absolute atomic E-state index is 0.0906. The first-order valence-corrected chi connectivity index (χ1v) is 7.66. The topological polar surface area (TPSA) is 97.2 Å². The van der Waals surface area contributed by atoms with Gasteiger partial charge in [-0.2, -0.15) is 0 Å². The van der Waals surface area contributed by atoms with Crippen molar-refractivity contribution < 1.29 is 9.72 Å². The number of thiocarbonyl (C=S) groups is 1. The van der Waals surface area contributed by atoms with E-state index in [0.29, 0.717) is 5.69 Å². The molecule has 1 heterocycles. The molecular formula is C17H12N4O3S. The van der Waals surface area contributed by atoms with Crippen molar-refractivity contribution in [1.82, 2.24) is 10.3 Å². The SMILES string of the molecule is O=C(NC(=S)Nc1cccc2ncccc12)c1cccc([N+](=O)[O-])c1. The molecule has 25 heavy (non-hydrogen) atoms. The van der Waals surface area contributed by atoms with Crippen LogP contribution in [0.4, 0.5) is 11.4 Å². The standard InChI is InChI=1S/C17H12N4O3S/c22-16(11-4-1-5-12(10-11)21(23)24)20-17(25)19-15-8-2-7-14-13(15)6-3-9-18-14/h1-10H,(H2,19,20,22,25). The number of fused-ring (bicyclic) bond motifs is 1. The predicted octanol–water partition coefficient (Wildman–Crippen LogP) is 3.27. The average Bonchev–Trinajstić information content (AvgIpc) is 2.62. The molecule has 0 radical (unpaired) electrons. The minimum Gasteiger partial charge on any atom is -0.332 e. The second-order valence-corrected chi connectivity index (χ2v) is 5.50. The van der Waals surface area contributed by atoms with E-state index in [1.165, 1.54) is 24.3 Å². The number of rotatable bonds is 3. The number of anilines is 1. The van der Waals surface area contributed by atoms with Crippen LogP contribution >= 0.6 is 12.2 Å². The summed E-state index contributed by atoms with van der Waals surface area (Å²) in [7, 11) is 0. The molecule has 0 saturated carbocycles. The van der Waals surface area contributed by atoms with E-state index in [2.05, 4.69) is 15.6 Å². The van der Waals surface area contributed by atoms with Gasteiger partial charge in [0.15, 0.2) is 5.11 Å². The van der Waals surface area contributed by atoms with E-state index in [-0.39, 0.29) is 16.4 Å². The predicted molar refractivity (Wildman–Crippen MR) is 98.5 cm³/mol. The Labute approximate surface area is 147 Å². The van der Waals surface area contributed by atoms with Gasteiger partial charge >= 0.3 is 0 Å². The third kappa shape index (κ3) is 3.75. The summed E-state index contributed by atoms with van der Waals surface area (Å²) in [6, 6.07) is 14.6. The number of carbonyl (C=O) groups excluding carboxylic acids is 1. The molecule has 124 valence electrons. The van der Waals surface area contributed by atoms with Crippen molar-refractivity contribution in [2.75, 3.05) is 5.32 Å². The van der Waals surface area contributed by atoms with Crippen LogP contribution in [0.3, 0.4) is 0 Å². The van der Waals surface area contributed by atoms with Crippen LogP contribution in [0, 0.1) is 10.1 Å². The Morgan fingerprint density at radius 1 is 1.12 bits per heavy atom. The van der Waals surface area contributed by atoms with Gasteiger partial charge < -0.3 is 5.32 Å². The number of benzene rings is 2. The molecule has 0 atom stereocenters. The van der Waals surface area contributed by atoms with E-state index in [1.54, 1.807) is 12.3 Å². The molecule has 1 amide bonds. The quantitative estimate of drug-likeness (QED) is 0.426. The molecule has 0 bridgehead atoms. The lowest BCUT2D eigenvalue weighted by atomic mass is 10.2. The monoisotopic (exact) mass is 352 g/mol. The zero-order valence-electron chi connectivity index (χ0n) is 12.8. The van der Waals surface area contributed by atoms with Crippen molar-refractivity contribution in [2.45, 2.75) is 0 Å². The maximum atomic E-state index is 12.2. The number of carbonyl (C=O) groups is 1. The molecule has 8 heteroatoms. The Morgan fingerprint density at radius 2 is 1.92 bits per heavy atom. The summed E-state index contributed by atoms with van der Waals surface area (Å²) in [4.78, 5) is 26.7. The van der Waals surface area contributed by atoms with Gasteiger partial charge in [0.2, 0.25) is 0 Å². The number of aromatic nitrogens is 1. The third-order valence-electron chi connectivity index (χ3n) is 3.44. The van der Waals surface area contributed by atoms with Gasteiger partial charge in [0.25, 0.3) is 11.6 Å². The number of nitro benzene ring substituents is 1. The van der Waals surface area contributed by atoms with Crippen LogP contribution in [0.5, 0.6) is 0 Å². The second-order valence-electron chi connectivity index (χ2n) is 5.09. The number of nitro groups is 1. The van der Waals surface area contributed by atoms with E-state index < -0.39 is 10.8 Å². The first-order chi connectivity index (χ1) is 12.0. The van der Waals surface area contributed by atoms with Gasteiger partial charge in [0.05, 0.1) is 10.4 Å². The van der Waals surface area contributed by atoms with Crippen LogP contribution in [0.15, 0.2) is 60.8 Å². The molecular weight excluding hydrogens is 340 g/mol. The van der Waals surface area contributed by atoms with E-state index >= 15 is 0 Å². The summed E-state index contributed by atoms with van der Waals surface area (Å²) in [5, 5.41) is 17.2. The van der Waals surface area contributed by atoms with Crippen molar-refractivity contribution in [3.63, 3.8) is 0 Å². The van der Waals surface area contributed by atoms with Gasteiger partial charge in [-0.1, -0.05) is 12.1 Å². The fraction of sp³-hybridized carbons (Fsp3) is 0. The van der Waals surface area contributed by atoms with Crippen LogP contribution < -0.4 is 10.6 Å². The number of hydrogen-bond donors (Lipinski definition) is 2. The lowest BCUT2D eigenvalue weighted by molar-refractivity contribution is -0.384. The summed E-state index contributed by atoms with van der Waals surface area (Å²) >= 11 is 5.16. The molecule has 0 fully saturated rings. The Morgan fingerprint density at radius 3 is 2.72 bits per heavy atom. The second kappa shape index (κ2) is 7.02. The van der Waals surface area contributed by atoms with Crippen molar-refractivity contribution >= 4 is 45.5 Å². The van der Waals surface area contributed by atoms with Crippen molar-refractivity contribution in [1.29, 1.82) is 0 Å². The molecule has 1 aromatic heterocycles. The maximum Gasteiger partial charge on any atom is 0.270 e.